The lowest BCUT2D eigenvalue weighted by molar-refractivity contribution is 0.0716. The smallest absolute Gasteiger partial charge is 0.343 e. The fourth-order valence-electron chi connectivity index (χ4n) is 11.8. The Hall–Kier alpha value is -16.7. The van der Waals surface area contributed by atoms with Gasteiger partial charge in [-0.2, -0.15) is 96.4 Å². The Morgan fingerprint density at radius 2 is 0.407 bits per heavy atom. The number of hydrogen-bond donors (Lipinski definition) is 0. The zero-order chi connectivity index (χ0) is 105. The maximum atomic E-state index is 13.3. The third-order valence-electron chi connectivity index (χ3n) is 19.3. The summed E-state index contributed by atoms with van der Waals surface area (Å²) in [6.07, 6.45) is 13.1. The second-order valence-corrected chi connectivity index (χ2v) is 30.2. The number of nitrogens with zero attached hydrogens (tertiary/aromatic N) is 7. The molecule has 0 aliphatic heterocycles. The molecule has 0 N–H and O–H groups in total. The highest BCUT2D eigenvalue weighted by Crippen LogP contribution is 2.28. The van der Waals surface area contributed by atoms with Gasteiger partial charge in [0.1, 0.15) is 17.2 Å². The predicted octanol–water partition coefficient (Wildman–Crippen LogP) is 25.0. The van der Waals surface area contributed by atoms with Crippen LogP contribution in [-0.2, 0) is 25.7 Å². The van der Waals surface area contributed by atoms with Crippen molar-refractivity contribution in [3.05, 3.63) is 399 Å². The lowest BCUT2D eigenvalue weighted by Gasteiger charge is -2.07. The lowest BCUT2D eigenvalue weighted by Crippen LogP contribution is -2.10. The summed E-state index contributed by atoms with van der Waals surface area (Å²) >= 11 is 0. The number of unbranched alkanes of at least 4 members (excludes halogenated alkanes) is 4. The quantitative estimate of drug-likeness (QED) is 0.0160. The minimum atomic E-state index is -1.18. The van der Waals surface area contributed by atoms with Crippen LogP contribution in [-0.4, -0.2) is 96.5 Å². The van der Waals surface area contributed by atoms with Crippen molar-refractivity contribution in [3.63, 3.8) is 0 Å². The van der Waals surface area contributed by atoms with Gasteiger partial charge in [0.05, 0.1) is 58.8 Å². The van der Waals surface area contributed by atoms with Crippen molar-refractivity contribution < 1.29 is 142 Å². The van der Waals surface area contributed by atoms with Gasteiger partial charge in [-0.05, 0) is 287 Å². The summed E-state index contributed by atoms with van der Waals surface area (Å²) in [5.74, 6) is -21.0. The average Bonchev–Trinajstić information content (AvgIpc) is 0.870. The highest BCUT2D eigenvalue weighted by Gasteiger charge is 2.23. The van der Waals surface area contributed by atoms with E-state index in [4.69, 9.17) is 47.4 Å². The molecule has 145 heavy (non-hydrogen) atoms. The van der Waals surface area contributed by atoms with Crippen LogP contribution < -0.4 is 47.4 Å². The zero-order valence-corrected chi connectivity index (χ0v) is 78.9. The monoisotopic (exact) mass is 2020 g/mol. The molecule has 758 valence electrons. The first-order chi connectivity index (χ1) is 69.7. The van der Waals surface area contributed by atoms with Gasteiger partial charge in [0, 0.05) is 0 Å². The van der Waals surface area contributed by atoms with E-state index in [1.165, 1.54) is 42.8 Å². The van der Waals surface area contributed by atoms with Crippen LogP contribution in [0.4, 0.5) is 61.5 Å². The minimum Gasteiger partial charge on any atom is -0.494 e. The first-order valence-corrected chi connectivity index (χ1v) is 45.0. The molecule has 0 radical (unpaired) electrons. The van der Waals surface area contributed by atoms with Gasteiger partial charge in [-0.15, -0.1) is 0 Å². The molecule has 0 spiro atoms. The molecule has 0 saturated heterocycles. The summed E-state index contributed by atoms with van der Waals surface area (Å²) in [4.78, 5) is 103. The van der Waals surface area contributed by atoms with E-state index in [9.17, 15) is 95.0 Å². The van der Waals surface area contributed by atoms with Crippen molar-refractivity contribution in [2.24, 2.45) is 0 Å². The van der Waals surface area contributed by atoms with Crippen molar-refractivity contribution in [2.45, 2.75) is 132 Å². The van der Waals surface area contributed by atoms with Gasteiger partial charge in [0.15, 0.2) is 40.2 Å². The second-order valence-electron chi connectivity index (χ2n) is 30.2. The van der Waals surface area contributed by atoms with E-state index >= 15 is 0 Å². The molecular formula is C107H95F14N7O17. The molecule has 0 amide bonds. The Morgan fingerprint density at radius 1 is 0.200 bits per heavy atom. The molecular weight excluding hydrogens is 1920 g/mol. The summed E-state index contributed by atoms with van der Waals surface area (Å²) in [6.45, 7) is 15.9. The molecule has 0 saturated carbocycles. The number of pyridine rings is 7. The Balaban J connectivity index is 0.000000207. The zero-order valence-electron chi connectivity index (χ0n) is 78.9. The molecule has 0 unspecified atom stereocenters. The Labute approximate surface area is 823 Å². The maximum Gasteiger partial charge on any atom is 0.343 e. The van der Waals surface area contributed by atoms with E-state index in [1.54, 1.807) is 97.1 Å². The fourth-order valence-corrected chi connectivity index (χ4v) is 11.8. The van der Waals surface area contributed by atoms with Gasteiger partial charge < -0.3 is 47.4 Å². The largest absolute Gasteiger partial charge is 0.494 e. The molecule has 0 bridgehead atoms. The van der Waals surface area contributed by atoms with E-state index in [0.717, 1.165) is 184 Å². The number of halogens is 14. The Bertz CT molecular complexity index is 6240. The number of hydrogen-bond acceptors (Lipinski definition) is 24. The normalized spacial score (nSPS) is 10.3. The number of benzene rings is 7. The SMILES string of the molecule is CCCCCc1ccc(C(=O)Oc2ccc(F)nc2F)cc1.CCCCOc1ccc(C(=O)Oc2ccc(F)nc2F)cc1.CCCCc1ccc(C(=O)Oc2ccc(F)nc2F)cc1.CCCOc1ccc(C(=O)Oc2ccc(F)nc2F)cc1.CCCc1ccc(C(=O)Oc2ccc(F)nc2F)cc1.CCOc1ccc(C(=O)Oc2ccc(F)nc2F)cc1.CCc1ccc(C(=O)Oc2ccc(F)nc2F)cc1. The maximum absolute atomic E-state index is 13.3. The third kappa shape index (κ3) is 39.0. The standard InChI is InChI=1S/C17H17F2NO2.C16H15F2NO3.C16H15F2NO2.C15H13F2NO3.C15H13F2NO2.C14H11F2NO3.C14H11F2NO2/c1-2-3-4-5-12-6-8-13(9-7-12)17(21)22-14-10-11-15(18)20-16(14)19;1-2-3-10-21-12-6-4-11(5-7-12)16(20)22-13-8-9-14(17)19-15(13)18;1-2-3-4-11-5-7-12(8-6-11)16(20)21-13-9-10-14(17)19-15(13)18;1-2-9-20-11-5-3-10(4-6-11)15(19)21-12-7-8-13(16)18-14(12)17;1-2-3-10-4-6-11(7-5-10)15(19)20-12-8-9-13(16)18-14(12)17;1-2-19-10-5-3-9(4-6-10)14(18)20-11-7-8-12(15)17-13(11)16;1-2-9-3-5-10(6-4-9)14(18)19-11-7-8-12(15)17-13(11)16/h6-11H,2-5H2,1H3;4-9H,2-3,10H2,1H3;5-10H,2-4H2,1H3;3-8H,2,9H2,1H3;4-9H,2-3H2,1H3;3-8H,2H2,1H3;3-8H,2H2,1H3. The van der Waals surface area contributed by atoms with Crippen LogP contribution in [0.1, 0.15) is 201 Å². The fraction of sp³-hybridized carbons (Fsp3) is 0.215. The van der Waals surface area contributed by atoms with Gasteiger partial charge >= 0.3 is 41.8 Å². The molecule has 7 heterocycles. The predicted molar refractivity (Wildman–Crippen MR) is 501 cm³/mol. The second kappa shape index (κ2) is 59.8. The summed E-state index contributed by atoms with van der Waals surface area (Å²) < 4.78 is 231. The van der Waals surface area contributed by atoms with Crippen LogP contribution in [0, 0.1) is 83.3 Å². The molecule has 7 aromatic heterocycles. The highest BCUT2D eigenvalue weighted by molar-refractivity contribution is 5.95. The summed E-state index contributed by atoms with van der Waals surface area (Å²) in [5.41, 5.74) is 6.33. The molecule has 7 aromatic carbocycles. The summed E-state index contributed by atoms with van der Waals surface area (Å²) in [5, 5.41) is 0. The van der Waals surface area contributed by atoms with E-state index in [2.05, 4.69) is 62.6 Å². The number of esters is 7. The van der Waals surface area contributed by atoms with Crippen molar-refractivity contribution in [2.75, 3.05) is 19.8 Å². The van der Waals surface area contributed by atoms with E-state index in [-0.39, 0.29) is 16.7 Å². The molecule has 38 heteroatoms. The highest BCUT2D eigenvalue weighted by atomic mass is 19.2. The Kier molecular flexibility index (Phi) is 46.8. The van der Waals surface area contributed by atoms with Crippen molar-refractivity contribution in [3.8, 4) is 57.5 Å². The van der Waals surface area contributed by atoms with Gasteiger partial charge in [-0.25, -0.2) is 33.6 Å². The van der Waals surface area contributed by atoms with E-state index < -0.39 is 165 Å². The number of aryl methyl sites for hydroxylation is 4. The summed E-state index contributed by atoms with van der Waals surface area (Å²) in [7, 11) is 0. The van der Waals surface area contributed by atoms with Gasteiger partial charge in [0.25, 0.3) is 41.6 Å². The van der Waals surface area contributed by atoms with Crippen LogP contribution in [0.3, 0.4) is 0 Å². The van der Waals surface area contributed by atoms with Crippen LogP contribution in [0.25, 0.3) is 0 Å². The topological polar surface area (TPSA) is 302 Å². The van der Waals surface area contributed by atoms with E-state index in [0.29, 0.717) is 59.3 Å². The van der Waals surface area contributed by atoms with Crippen LogP contribution in [0.5, 0.6) is 57.5 Å². The number of rotatable bonds is 33. The van der Waals surface area contributed by atoms with Gasteiger partial charge in [-0.3, -0.25) is 0 Å². The number of carbonyl (C=O) groups is 7. The third-order valence-corrected chi connectivity index (χ3v) is 19.3. The number of carbonyl (C=O) groups excluding carboxylic acids is 7. The van der Waals surface area contributed by atoms with E-state index in [1.807, 2.05) is 57.2 Å². The van der Waals surface area contributed by atoms with Crippen molar-refractivity contribution in [1.29, 1.82) is 0 Å². The summed E-state index contributed by atoms with van der Waals surface area (Å²) in [6, 6.07) is 59.8. The van der Waals surface area contributed by atoms with Crippen LogP contribution in [0.2, 0.25) is 0 Å². The van der Waals surface area contributed by atoms with Gasteiger partial charge in [-0.1, -0.05) is 122 Å². The molecule has 0 fully saturated rings. The van der Waals surface area contributed by atoms with Gasteiger partial charge in [0.2, 0.25) is 41.6 Å². The molecule has 24 nitrogen and oxygen atoms in total. The molecule has 14 rings (SSSR count). The number of ether oxygens (including phenoxy) is 10. The average molecular weight is 2020 g/mol. The van der Waals surface area contributed by atoms with Crippen molar-refractivity contribution in [1.82, 2.24) is 34.9 Å². The molecule has 0 atom stereocenters. The molecule has 0 aliphatic rings. The molecule has 0 aliphatic carbocycles. The van der Waals surface area contributed by atoms with Crippen LogP contribution in [0.15, 0.2) is 255 Å². The first-order valence-electron chi connectivity index (χ1n) is 45.0. The van der Waals surface area contributed by atoms with Crippen LogP contribution >= 0.6 is 0 Å². The Morgan fingerprint density at radius 3 is 0.614 bits per heavy atom. The first kappa shape index (κ1) is 114. The molecule has 14 aromatic rings. The number of aromatic nitrogens is 7. The van der Waals surface area contributed by atoms with Crippen molar-refractivity contribution >= 4 is 41.8 Å². The minimum absolute atomic E-state index is 0.220. The lowest BCUT2D eigenvalue weighted by atomic mass is 10.1.